The molecule has 140 valence electrons. The molecule has 0 amide bonds. The van der Waals surface area contributed by atoms with Crippen LogP contribution in [0.2, 0.25) is 5.04 Å². The first-order valence-corrected chi connectivity index (χ1v) is 11.7. The van der Waals surface area contributed by atoms with Crippen LogP contribution in [0.4, 0.5) is 0 Å². The highest BCUT2D eigenvalue weighted by atomic mass is 28.4. The van der Waals surface area contributed by atoms with E-state index in [0.717, 1.165) is 6.42 Å². The van der Waals surface area contributed by atoms with Gasteiger partial charge in [-0.25, -0.2) is 0 Å². The molecule has 27 heavy (non-hydrogen) atoms. The molecule has 0 N–H and O–H groups in total. The van der Waals surface area contributed by atoms with Gasteiger partial charge >= 0.3 is 0 Å². The number of aryl methyl sites for hydroxylation is 1. The summed E-state index contributed by atoms with van der Waals surface area (Å²) in [6.07, 6.45) is 1.07. The number of hydrogen-bond acceptors (Lipinski definition) is 1. The van der Waals surface area contributed by atoms with Crippen LogP contribution in [-0.2, 0) is 17.5 Å². The van der Waals surface area contributed by atoms with Crippen LogP contribution in [0.3, 0.4) is 0 Å². The first-order valence-electron chi connectivity index (χ1n) is 9.80. The molecule has 0 heterocycles. The van der Waals surface area contributed by atoms with Gasteiger partial charge in [-0.3, -0.25) is 0 Å². The largest absolute Gasteiger partial charge is 0.403 e. The second-order valence-corrected chi connectivity index (χ2v) is 12.4. The van der Waals surface area contributed by atoms with E-state index in [1.54, 1.807) is 0 Å². The van der Waals surface area contributed by atoms with E-state index in [9.17, 15) is 0 Å². The number of rotatable bonds is 6. The smallest absolute Gasteiger partial charge is 0.261 e. The topological polar surface area (TPSA) is 9.23 Å². The minimum absolute atomic E-state index is 0.0130. The van der Waals surface area contributed by atoms with Crippen LogP contribution in [0.1, 0.15) is 38.8 Å². The van der Waals surface area contributed by atoms with Gasteiger partial charge in [-0.05, 0) is 33.0 Å². The standard InChI is InChI=1S/C25H30OSi/c1-5-21-16-18-22(19-17-21)20-26-27(25(2,3)4,23-12-8-6-9-13-23)24-14-10-7-11-15-24/h6-19H,5,20H2,1-4H3. The molecule has 3 rings (SSSR count). The predicted molar refractivity (Wildman–Crippen MR) is 118 cm³/mol. The lowest BCUT2D eigenvalue weighted by atomic mass is 10.1. The molecule has 0 atom stereocenters. The highest BCUT2D eigenvalue weighted by Crippen LogP contribution is 2.37. The fourth-order valence-corrected chi connectivity index (χ4v) is 8.36. The highest BCUT2D eigenvalue weighted by Gasteiger charge is 2.50. The summed E-state index contributed by atoms with van der Waals surface area (Å²) >= 11 is 0. The Balaban J connectivity index is 2.05. The minimum Gasteiger partial charge on any atom is -0.403 e. The molecule has 0 bridgehead atoms. The molecule has 0 aliphatic rings. The van der Waals surface area contributed by atoms with Gasteiger partial charge in [0, 0.05) is 0 Å². The lowest BCUT2D eigenvalue weighted by Crippen LogP contribution is -2.66. The Kier molecular flexibility index (Phi) is 5.98. The van der Waals surface area contributed by atoms with Crippen LogP contribution < -0.4 is 10.4 Å². The molecule has 0 spiro atoms. The van der Waals surface area contributed by atoms with Crippen molar-refractivity contribution in [2.75, 3.05) is 0 Å². The maximum absolute atomic E-state index is 6.96. The van der Waals surface area contributed by atoms with Crippen LogP contribution in [0.5, 0.6) is 0 Å². The van der Waals surface area contributed by atoms with Crippen LogP contribution in [0, 0.1) is 0 Å². The zero-order valence-electron chi connectivity index (χ0n) is 16.9. The zero-order chi connectivity index (χ0) is 19.3. The van der Waals surface area contributed by atoms with Crippen LogP contribution >= 0.6 is 0 Å². The van der Waals surface area contributed by atoms with Gasteiger partial charge in [-0.1, -0.05) is 113 Å². The van der Waals surface area contributed by atoms with Gasteiger partial charge in [0.05, 0.1) is 6.61 Å². The average molecular weight is 375 g/mol. The van der Waals surface area contributed by atoms with Gasteiger partial charge < -0.3 is 4.43 Å². The van der Waals surface area contributed by atoms with Gasteiger partial charge in [0.25, 0.3) is 8.32 Å². The first-order chi connectivity index (χ1) is 13.0. The third-order valence-electron chi connectivity index (χ3n) is 5.30. The summed E-state index contributed by atoms with van der Waals surface area (Å²) in [5.41, 5.74) is 2.60. The Bertz CT molecular complexity index is 794. The third kappa shape index (κ3) is 4.07. The number of benzene rings is 3. The van der Waals surface area contributed by atoms with Gasteiger partial charge in [0.2, 0.25) is 0 Å². The summed E-state index contributed by atoms with van der Waals surface area (Å²) in [6, 6.07) is 30.5. The summed E-state index contributed by atoms with van der Waals surface area (Å²) in [5, 5.41) is 2.67. The molecule has 0 aliphatic heterocycles. The summed E-state index contributed by atoms with van der Waals surface area (Å²) in [5.74, 6) is 0. The van der Waals surface area contributed by atoms with Gasteiger partial charge in [-0.2, -0.15) is 0 Å². The van der Waals surface area contributed by atoms with Crippen LogP contribution in [0.15, 0.2) is 84.9 Å². The van der Waals surface area contributed by atoms with Crippen molar-refractivity contribution in [1.82, 2.24) is 0 Å². The van der Waals surface area contributed by atoms with E-state index in [4.69, 9.17) is 4.43 Å². The van der Waals surface area contributed by atoms with Gasteiger partial charge in [-0.15, -0.1) is 0 Å². The summed E-state index contributed by atoms with van der Waals surface area (Å²) in [4.78, 5) is 0. The van der Waals surface area contributed by atoms with Crippen molar-refractivity contribution >= 4 is 18.7 Å². The predicted octanol–water partition coefficient (Wildman–Crippen LogP) is 5.33. The van der Waals surface area contributed by atoms with E-state index in [2.05, 4.69) is 113 Å². The second-order valence-electron chi connectivity index (χ2n) is 8.12. The van der Waals surface area contributed by atoms with E-state index in [1.165, 1.54) is 21.5 Å². The highest BCUT2D eigenvalue weighted by molar-refractivity contribution is 6.99. The van der Waals surface area contributed by atoms with Crippen molar-refractivity contribution in [2.45, 2.75) is 45.8 Å². The van der Waals surface area contributed by atoms with Gasteiger partial charge in [0.15, 0.2) is 0 Å². The van der Waals surface area contributed by atoms with E-state index < -0.39 is 8.32 Å². The summed E-state index contributed by atoms with van der Waals surface area (Å²) in [7, 11) is -2.45. The monoisotopic (exact) mass is 374 g/mol. The van der Waals surface area contributed by atoms with E-state index in [0.29, 0.717) is 6.61 Å². The fraction of sp³-hybridized carbons (Fsp3) is 0.280. The molecule has 0 aliphatic carbocycles. The molecule has 0 saturated heterocycles. The molecule has 0 aromatic heterocycles. The molecule has 3 aromatic rings. The maximum atomic E-state index is 6.96. The van der Waals surface area contributed by atoms with Crippen molar-refractivity contribution in [1.29, 1.82) is 0 Å². The molecule has 0 fully saturated rings. The van der Waals surface area contributed by atoms with Crippen LogP contribution in [-0.4, -0.2) is 8.32 Å². The average Bonchev–Trinajstić information content (AvgIpc) is 2.69. The van der Waals surface area contributed by atoms with Crippen molar-refractivity contribution in [3.05, 3.63) is 96.1 Å². The van der Waals surface area contributed by atoms with E-state index in [-0.39, 0.29) is 5.04 Å². The lowest BCUT2D eigenvalue weighted by Gasteiger charge is -2.43. The minimum atomic E-state index is -2.45. The molecule has 0 unspecified atom stereocenters. The quantitative estimate of drug-likeness (QED) is 0.530. The molecular formula is C25H30OSi. The summed E-state index contributed by atoms with van der Waals surface area (Å²) < 4.78 is 6.96. The summed E-state index contributed by atoms with van der Waals surface area (Å²) in [6.45, 7) is 9.78. The van der Waals surface area contributed by atoms with Crippen molar-refractivity contribution in [3.63, 3.8) is 0 Å². The van der Waals surface area contributed by atoms with Crippen molar-refractivity contribution < 1.29 is 4.43 Å². The second kappa shape index (κ2) is 8.24. The molecule has 0 saturated carbocycles. The molecular weight excluding hydrogens is 344 g/mol. The lowest BCUT2D eigenvalue weighted by molar-refractivity contribution is 0.286. The van der Waals surface area contributed by atoms with Crippen molar-refractivity contribution in [3.8, 4) is 0 Å². The Morgan fingerprint density at radius 1 is 0.667 bits per heavy atom. The first kappa shape index (κ1) is 19.6. The van der Waals surface area contributed by atoms with Gasteiger partial charge in [0.1, 0.15) is 0 Å². The van der Waals surface area contributed by atoms with E-state index in [1.807, 2.05) is 0 Å². The third-order valence-corrected chi connectivity index (χ3v) is 10.3. The Hall–Kier alpha value is -2.16. The fourth-order valence-electron chi connectivity index (χ4n) is 3.82. The Labute approximate surface area is 165 Å². The molecule has 0 radical (unpaired) electrons. The van der Waals surface area contributed by atoms with E-state index >= 15 is 0 Å². The Morgan fingerprint density at radius 2 is 1.11 bits per heavy atom. The maximum Gasteiger partial charge on any atom is 0.261 e. The zero-order valence-corrected chi connectivity index (χ0v) is 17.9. The molecule has 1 nitrogen and oxygen atoms in total. The SMILES string of the molecule is CCc1ccc(CO[Si](c2ccccc2)(c2ccccc2)C(C)(C)C)cc1. The molecule has 2 heteroatoms. The van der Waals surface area contributed by atoms with Crippen molar-refractivity contribution in [2.24, 2.45) is 0 Å². The number of hydrogen-bond donors (Lipinski definition) is 0. The molecule has 3 aromatic carbocycles. The Morgan fingerprint density at radius 3 is 1.52 bits per heavy atom. The van der Waals surface area contributed by atoms with Crippen LogP contribution in [0.25, 0.3) is 0 Å². The normalized spacial score (nSPS) is 12.1.